The quantitative estimate of drug-likeness (QED) is 0.371. The number of benzene rings is 2. The number of piperidine rings is 2. The Morgan fingerprint density at radius 1 is 1.12 bits per heavy atom. The molecule has 10 nitrogen and oxygen atoms in total. The molecule has 0 aliphatic carbocycles. The van der Waals surface area contributed by atoms with Gasteiger partial charge in [-0.2, -0.15) is 0 Å². The Balaban J connectivity index is 1.29. The highest BCUT2D eigenvalue weighted by Crippen LogP contribution is 2.41. The van der Waals surface area contributed by atoms with Crippen molar-refractivity contribution in [1.29, 1.82) is 5.41 Å². The number of anilines is 1. The summed E-state index contributed by atoms with van der Waals surface area (Å²) in [5.41, 5.74) is 2.86. The van der Waals surface area contributed by atoms with E-state index in [0.717, 1.165) is 34.8 Å². The lowest BCUT2D eigenvalue weighted by Crippen LogP contribution is -2.86. The van der Waals surface area contributed by atoms with E-state index in [1.807, 2.05) is 63.2 Å². The topological polar surface area (TPSA) is 130 Å². The molecule has 10 heteroatoms. The number of carbonyl (C=O) groups is 4. The van der Waals surface area contributed by atoms with Gasteiger partial charge < -0.3 is 20.5 Å². The Morgan fingerprint density at radius 3 is 2.51 bits per heavy atom. The zero-order chi connectivity index (χ0) is 29.5. The first-order valence-corrected chi connectivity index (χ1v) is 14.3. The molecule has 216 valence electrons. The fourth-order valence-corrected chi connectivity index (χ4v) is 5.88. The van der Waals surface area contributed by atoms with Crippen LogP contribution in [0.3, 0.4) is 0 Å². The number of nitrogens with one attached hydrogen (secondary N) is 2. The lowest BCUT2D eigenvalue weighted by Gasteiger charge is -2.38. The predicted molar refractivity (Wildman–Crippen MR) is 157 cm³/mol. The van der Waals surface area contributed by atoms with Crippen molar-refractivity contribution in [3.05, 3.63) is 53.2 Å². The van der Waals surface area contributed by atoms with Gasteiger partial charge in [-0.25, -0.2) is 4.79 Å². The number of nitrogens with two attached hydrogens (primary N) is 1. The van der Waals surface area contributed by atoms with Crippen molar-refractivity contribution in [3.63, 3.8) is 0 Å². The number of hydrogen-bond donors (Lipinski definition) is 3. The Kier molecular flexibility index (Phi) is 7.70. The number of likely N-dealkylation sites (tertiary alicyclic amines) is 1. The van der Waals surface area contributed by atoms with Gasteiger partial charge in [-0.15, -0.1) is 0 Å². The number of urea groups is 1. The molecule has 2 saturated heterocycles. The second-order valence-corrected chi connectivity index (χ2v) is 12.2. The summed E-state index contributed by atoms with van der Waals surface area (Å²) in [7, 11) is 1.85. The minimum absolute atomic E-state index is 0.0633. The highest BCUT2D eigenvalue weighted by molar-refractivity contribution is 6.27. The summed E-state index contributed by atoms with van der Waals surface area (Å²) in [6, 6.07) is 9.13. The fraction of sp³-hybridized carbons (Fsp3) is 0.452. The molecule has 1 atom stereocenters. The first kappa shape index (κ1) is 28.5. The van der Waals surface area contributed by atoms with E-state index in [0.29, 0.717) is 43.2 Å². The van der Waals surface area contributed by atoms with Gasteiger partial charge in [0.05, 0.1) is 17.9 Å². The summed E-state index contributed by atoms with van der Waals surface area (Å²) in [6.07, 6.45) is 6.17. The van der Waals surface area contributed by atoms with Crippen molar-refractivity contribution in [2.45, 2.75) is 70.5 Å². The maximum atomic E-state index is 13.4. The molecular weight excluding hydrogens is 520 g/mol. The van der Waals surface area contributed by atoms with E-state index in [-0.39, 0.29) is 29.8 Å². The van der Waals surface area contributed by atoms with E-state index in [4.69, 9.17) is 5.41 Å². The Bertz CT molecular complexity index is 1450. The molecule has 41 heavy (non-hydrogen) atoms. The van der Waals surface area contributed by atoms with E-state index in [2.05, 4.69) is 10.6 Å². The lowest BCUT2D eigenvalue weighted by atomic mass is 9.96. The minimum atomic E-state index is -0.719. The number of quaternary nitrogens is 1. The van der Waals surface area contributed by atoms with Crippen LogP contribution in [0.15, 0.2) is 42.1 Å². The summed E-state index contributed by atoms with van der Waals surface area (Å²) in [5.74, 6) is -0.988. The normalized spacial score (nSPS) is 20.0. The van der Waals surface area contributed by atoms with Crippen LogP contribution < -0.4 is 15.5 Å². The maximum absolute atomic E-state index is 13.4. The number of allylic oxidation sites excluding steroid dienone is 1. The van der Waals surface area contributed by atoms with Crippen molar-refractivity contribution >= 4 is 46.4 Å². The summed E-state index contributed by atoms with van der Waals surface area (Å²) >= 11 is 0. The minimum Gasteiger partial charge on any atom is -0.324 e. The van der Waals surface area contributed by atoms with E-state index < -0.39 is 11.9 Å². The average molecular weight is 560 g/mol. The highest BCUT2D eigenvalue weighted by Gasteiger charge is 2.41. The van der Waals surface area contributed by atoms with Crippen LogP contribution in [0.5, 0.6) is 0 Å². The van der Waals surface area contributed by atoms with Gasteiger partial charge >= 0.3 is 6.03 Å². The lowest BCUT2D eigenvalue weighted by molar-refractivity contribution is -0.630. The van der Waals surface area contributed by atoms with Crippen LogP contribution in [0.2, 0.25) is 0 Å². The van der Waals surface area contributed by atoms with Gasteiger partial charge in [-0.1, -0.05) is 18.2 Å². The molecule has 4 N–H and O–H groups in total. The van der Waals surface area contributed by atoms with Crippen molar-refractivity contribution in [3.8, 4) is 0 Å². The third-order valence-electron chi connectivity index (χ3n) is 8.61. The van der Waals surface area contributed by atoms with Crippen LogP contribution in [0, 0.1) is 5.41 Å². The van der Waals surface area contributed by atoms with Crippen LogP contribution in [0.1, 0.15) is 62.4 Å². The third kappa shape index (κ3) is 5.48. The van der Waals surface area contributed by atoms with Crippen LogP contribution in [0.4, 0.5) is 10.5 Å². The van der Waals surface area contributed by atoms with E-state index >= 15 is 0 Å². The number of hydrogen-bond acceptors (Lipinski definition) is 5. The van der Waals surface area contributed by atoms with Crippen molar-refractivity contribution in [1.82, 2.24) is 15.1 Å². The number of nitrogens with zero attached hydrogens (tertiary/aromatic N) is 3. The molecule has 0 saturated carbocycles. The molecular formula is C31H39N6O4+. The van der Waals surface area contributed by atoms with Crippen LogP contribution >= 0.6 is 0 Å². The van der Waals surface area contributed by atoms with Gasteiger partial charge in [-0.3, -0.25) is 24.6 Å². The zero-order valence-electron chi connectivity index (χ0n) is 24.2. The number of rotatable bonds is 6. The van der Waals surface area contributed by atoms with Crippen molar-refractivity contribution in [2.75, 3.05) is 25.0 Å². The molecule has 2 aromatic carbocycles. The van der Waals surface area contributed by atoms with Crippen LogP contribution in [-0.4, -0.2) is 77.5 Å². The van der Waals surface area contributed by atoms with E-state index in [9.17, 15) is 19.2 Å². The third-order valence-corrected chi connectivity index (χ3v) is 8.61. The van der Waals surface area contributed by atoms with Gasteiger partial charge in [0.15, 0.2) is 0 Å². The first-order valence-electron chi connectivity index (χ1n) is 14.3. The molecule has 2 aromatic rings. The largest absolute Gasteiger partial charge is 0.324 e. The molecule has 5 rings (SSSR count). The van der Waals surface area contributed by atoms with Crippen molar-refractivity contribution in [2.24, 2.45) is 0 Å². The molecule has 0 aromatic heterocycles. The molecule has 0 bridgehead atoms. The fourth-order valence-electron chi connectivity index (χ4n) is 5.88. The van der Waals surface area contributed by atoms with Gasteiger partial charge in [-0.05, 0) is 50.3 Å². The number of carbonyl (C=O) groups excluding carboxylic acids is 4. The smallest absolute Gasteiger partial charge is 0.320 e. The average Bonchev–Trinajstić information content (AvgIpc) is 3.23. The second kappa shape index (κ2) is 11.1. The molecule has 3 aliphatic rings. The first-order chi connectivity index (χ1) is 19.5. The molecule has 3 heterocycles. The number of imide groups is 1. The zero-order valence-corrected chi connectivity index (χ0v) is 24.2. The maximum Gasteiger partial charge on any atom is 0.320 e. The van der Waals surface area contributed by atoms with Gasteiger partial charge in [0.25, 0.3) is 5.91 Å². The van der Waals surface area contributed by atoms with Gasteiger partial charge in [0.1, 0.15) is 6.04 Å². The second-order valence-electron chi connectivity index (χ2n) is 12.2. The molecule has 0 radical (unpaired) electrons. The van der Waals surface area contributed by atoms with E-state index in [1.165, 1.54) is 11.1 Å². The standard InChI is InChI=1S/C31H38N6O4/c1-31(2,3)35(4)30(41)36-14-12-21(13-15-36)33-18-19(17-32)16-20-8-9-24-27-22(20)6-5-7-23(27)29(40)37(24)25-10-11-26(38)34-28(25)39/h5-9,17-18,21,25,32-33H,10-16H2,1-4H3,(H,34,38,39)/p+1/b19-18-,32-17?. The molecule has 0 spiro atoms. The monoisotopic (exact) mass is 559 g/mol. The molecule has 5 amide bonds. The van der Waals surface area contributed by atoms with Gasteiger partial charge in [0, 0.05) is 74.1 Å². The Hall–Kier alpha value is -4.05. The molecule has 1 unspecified atom stereocenters. The summed E-state index contributed by atoms with van der Waals surface area (Å²) < 4.78 is 0. The summed E-state index contributed by atoms with van der Waals surface area (Å²) in [5, 5.41) is 14.3. The molecule has 2 fully saturated rings. The summed E-state index contributed by atoms with van der Waals surface area (Å²) in [6.45, 7) is 7.51. The predicted octanol–water partition coefficient (Wildman–Crippen LogP) is 2.56. The van der Waals surface area contributed by atoms with Crippen molar-refractivity contribution < 1.29 is 24.5 Å². The molecule has 3 aliphatic heterocycles. The van der Waals surface area contributed by atoms with Gasteiger partial charge in [0.2, 0.25) is 11.8 Å². The Labute approximate surface area is 240 Å². The summed E-state index contributed by atoms with van der Waals surface area (Å²) in [4.78, 5) is 55.7. The highest BCUT2D eigenvalue weighted by atomic mass is 16.2. The van der Waals surface area contributed by atoms with Crippen LogP contribution in [0.25, 0.3) is 10.8 Å². The van der Waals surface area contributed by atoms with E-state index in [1.54, 1.807) is 11.0 Å². The van der Waals surface area contributed by atoms with Crippen LogP contribution in [-0.2, 0) is 16.0 Å². The SMILES string of the molecule is CN(C(=O)N1CCC([NH2+]/C=C(\C=N)Cc2ccc3c4c(cccc24)C(=O)N3C2CCC(=O)NC2=O)CC1)C(C)(C)C. The number of amides is 5. The Morgan fingerprint density at radius 2 is 1.85 bits per heavy atom.